The van der Waals surface area contributed by atoms with Crippen LogP contribution in [0.1, 0.15) is 32.5 Å². The van der Waals surface area contributed by atoms with E-state index < -0.39 is 5.76 Å². The van der Waals surface area contributed by atoms with Gasteiger partial charge in [0.2, 0.25) is 0 Å². The summed E-state index contributed by atoms with van der Waals surface area (Å²) in [5.74, 6) is 1.50. The molecule has 3 atom stereocenters. The summed E-state index contributed by atoms with van der Waals surface area (Å²) in [5.41, 5.74) is 5.98. The van der Waals surface area contributed by atoms with Gasteiger partial charge in [-0.3, -0.25) is 9.51 Å². The number of nitrogens with two attached hydrogens (primary N) is 1. The van der Waals surface area contributed by atoms with E-state index in [1.165, 1.54) is 0 Å². The van der Waals surface area contributed by atoms with E-state index >= 15 is 0 Å². The van der Waals surface area contributed by atoms with Crippen LogP contribution in [-0.4, -0.2) is 16.7 Å². The fraction of sp³-hybridized carbons (Fsp3) is 0.818. The molecule has 0 spiro atoms. The lowest BCUT2D eigenvalue weighted by Gasteiger charge is -2.26. The Hall–Kier alpha value is -1.10. The predicted octanol–water partition coefficient (Wildman–Crippen LogP) is 0.916. The molecule has 1 heterocycles. The minimum atomic E-state index is -0.485. The van der Waals surface area contributed by atoms with Gasteiger partial charge in [0.25, 0.3) is 0 Å². The lowest BCUT2D eigenvalue weighted by Crippen LogP contribution is -2.31. The van der Waals surface area contributed by atoms with Gasteiger partial charge in [0.15, 0.2) is 5.82 Å². The Labute approximate surface area is 94.4 Å². The highest BCUT2D eigenvalue weighted by atomic mass is 16.5. The maximum absolute atomic E-state index is 10.9. The number of nitrogens with one attached hydrogen (secondary N) is 1. The average molecular weight is 225 g/mol. The summed E-state index contributed by atoms with van der Waals surface area (Å²) in [5, 5.41) is 3.72. The predicted molar refractivity (Wildman–Crippen MR) is 59.9 cm³/mol. The van der Waals surface area contributed by atoms with Gasteiger partial charge >= 0.3 is 5.76 Å². The molecule has 1 fully saturated rings. The Bertz CT molecular complexity index is 399. The summed E-state index contributed by atoms with van der Waals surface area (Å²) in [6.07, 6.45) is 2.91. The Balaban J connectivity index is 2.14. The van der Waals surface area contributed by atoms with E-state index in [9.17, 15) is 4.79 Å². The van der Waals surface area contributed by atoms with Crippen LogP contribution in [0.3, 0.4) is 0 Å². The van der Waals surface area contributed by atoms with Gasteiger partial charge in [-0.25, -0.2) is 4.79 Å². The molecule has 0 amide bonds. The first kappa shape index (κ1) is 11.4. The number of rotatable bonds is 3. The third-order valence-corrected chi connectivity index (χ3v) is 3.94. The molecule has 0 aliphatic heterocycles. The first-order valence-electron chi connectivity index (χ1n) is 5.79. The molecule has 90 valence electrons. The van der Waals surface area contributed by atoms with E-state index in [1.807, 2.05) is 0 Å². The van der Waals surface area contributed by atoms with Crippen LogP contribution >= 0.6 is 0 Å². The molecule has 0 bridgehead atoms. The highest BCUT2D eigenvalue weighted by Gasteiger charge is 2.41. The number of hydrogen-bond donors (Lipinski definition) is 2. The highest BCUT2D eigenvalue weighted by molar-refractivity contribution is 4.98. The van der Waals surface area contributed by atoms with Crippen LogP contribution in [0.4, 0.5) is 0 Å². The zero-order valence-electron chi connectivity index (χ0n) is 9.82. The van der Waals surface area contributed by atoms with Gasteiger partial charge in [-0.2, -0.15) is 0 Å². The van der Waals surface area contributed by atoms with Crippen molar-refractivity contribution in [1.82, 2.24) is 10.1 Å². The smallest absolute Gasteiger partial charge is 0.330 e. The Morgan fingerprint density at radius 1 is 1.50 bits per heavy atom. The van der Waals surface area contributed by atoms with Crippen molar-refractivity contribution in [3.63, 3.8) is 0 Å². The Kier molecular flexibility index (Phi) is 2.88. The molecule has 1 aliphatic carbocycles. The molecule has 1 saturated carbocycles. The Morgan fingerprint density at radius 2 is 2.12 bits per heavy atom. The zero-order chi connectivity index (χ0) is 11.8. The van der Waals surface area contributed by atoms with Crippen molar-refractivity contribution < 1.29 is 4.52 Å². The van der Waals surface area contributed by atoms with Crippen LogP contribution in [-0.2, 0) is 6.42 Å². The quantitative estimate of drug-likeness (QED) is 0.801. The molecule has 1 aromatic heterocycles. The van der Waals surface area contributed by atoms with E-state index in [0.29, 0.717) is 30.6 Å². The van der Waals surface area contributed by atoms with Gasteiger partial charge in [0.1, 0.15) is 0 Å². The van der Waals surface area contributed by atoms with Gasteiger partial charge in [-0.1, -0.05) is 19.0 Å². The van der Waals surface area contributed by atoms with Gasteiger partial charge in [0.05, 0.1) is 0 Å². The third kappa shape index (κ3) is 2.04. The van der Waals surface area contributed by atoms with E-state index in [-0.39, 0.29) is 5.41 Å². The summed E-state index contributed by atoms with van der Waals surface area (Å²) >= 11 is 0. The summed E-state index contributed by atoms with van der Waals surface area (Å²) in [4.78, 5) is 13.5. The van der Waals surface area contributed by atoms with E-state index in [0.717, 1.165) is 12.8 Å². The molecule has 0 saturated heterocycles. The van der Waals surface area contributed by atoms with E-state index in [4.69, 9.17) is 5.73 Å². The lowest BCUT2D eigenvalue weighted by atomic mass is 9.81. The fourth-order valence-corrected chi connectivity index (χ4v) is 2.93. The van der Waals surface area contributed by atoms with Crippen molar-refractivity contribution in [2.24, 2.45) is 23.0 Å². The van der Waals surface area contributed by atoms with E-state index in [2.05, 4.69) is 28.5 Å². The largest absolute Gasteiger partial charge is 0.438 e. The maximum Gasteiger partial charge on any atom is 0.438 e. The second kappa shape index (κ2) is 4.05. The van der Waals surface area contributed by atoms with Crippen LogP contribution in [0.25, 0.3) is 0 Å². The highest BCUT2D eigenvalue weighted by Crippen LogP contribution is 2.46. The number of nitrogens with zero attached hydrogens (tertiary/aromatic N) is 1. The van der Waals surface area contributed by atoms with Crippen molar-refractivity contribution in [2.45, 2.75) is 33.1 Å². The molecule has 2 rings (SSSR count). The van der Waals surface area contributed by atoms with Crippen molar-refractivity contribution in [1.29, 1.82) is 0 Å². The minimum Gasteiger partial charge on any atom is -0.330 e. The van der Waals surface area contributed by atoms with Crippen LogP contribution in [0.2, 0.25) is 0 Å². The van der Waals surface area contributed by atoms with Crippen LogP contribution in [0, 0.1) is 17.3 Å². The minimum absolute atomic E-state index is 0.0820. The molecule has 3 N–H and O–H groups in total. The van der Waals surface area contributed by atoms with Gasteiger partial charge in [-0.15, -0.1) is 0 Å². The molecular weight excluding hydrogens is 206 g/mol. The normalized spacial score (nSPS) is 34.4. The second-order valence-corrected chi connectivity index (χ2v) is 5.29. The molecule has 1 aliphatic rings. The van der Waals surface area contributed by atoms with Crippen molar-refractivity contribution in [2.75, 3.05) is 6.54 Å². The topological polar surface area (TPSA) is 84.9 Å². The van der Waals surface area contributed by atoms with Gasteiger partial charge in [-0.05, 0) is 36.6 Å². The fourth-order valence-electron chi connectivity index (χ4n) is 2.93. The summed E-state index contributed by atoms with van der Waals surface area (Å²) in [6, 6.07) is 0. The van der Waals surface area contributed by atoms with Gasteiger partial charge in [0, 0.05) is 6.42 Å². The van der Waals surface area contributed by atoms with E-state index in [1.54, 1.807) is 0 Å². The molecule has 0 aromatic carbocycles. The molecule has 5 heteroatoms. The first-order valence-corrected chi connectivity index (χ1v) is 5.79. The van der Waals surface area contributed by atoms with Crippen LogP contribution < -0.4 is 11.5 Å². The number of aromatic nitrogens is 2. The van der Waals surface area contributed by atoms with Gasteiger partial charge < -0.3 is 5.73 Å². The number of hydrogen-bond acceptors (Lipinski definition) is 4. The lowest BCUT2D eigenvalue weighted by molar-refractivity contribution is 0.279. The molecule has 5 nitrogen and oxygen atoms in total. The Morgan fingerprint density at radius 3 is 2.56 bits per heavy atom. The summed E-state index contributed by atoms with van der Waals surface area (Å²) < 4.78 is 4.52. The average Bonchev–Trinajstić information content (AvgIpc) is 2.74. The standard InChI is InChI=1S/C11H19N3O2/c1-7-3-11(6-12,4-8(7)2)5-9-13-10(15)16-14-9/h7-8H,3-6,12H2,1-2H3,(H,13,14,15)/t7-,8+,11?. The first-order chi connectivity index (χ1) is 7.54. The molecule has 0 radical (unpaired) electrons. The van der Waals surface area contributed by atoms with Crippen molar-refractivity contribution in [3.8, 4) is 0 Å². The SMILES string of the molecule is C[C@@H]1CC(CN)(Cc2noc(=O)[nH]2)C[C@@H]1C. The van der Waals surface area contributed by atoms with Crippen molar-refractivity contribution >= 4 is 0 Å². The molecule has 1 aromatic rings. The summed E-state index contributed by atoms with van der Waals surface area (Å²) in [7, 11) is 0. The summed E-state index contributed by atoms with van der Waals surface area (Å²) in [6.45, 7) is 5.15. The van der Waals surface area contributed by atoms with Crippen LogP contribution in [0.15, 0.2) is 9.32 Å². The maximum atomic E-state index is 10.9. The number of aromatic amines is 1. The molecule has 1 unspecified atom stereocenters. The third-order valence-electron chi connectivity index (χ3n) is 3.94. The molecule has 16 heavy (non-hydrogen) atoms. The van der Waals surface area contributed by atoms with Crippen molar-refractivity contribution in [3.05, 3.63) is 16.4 Å². The zero-order valence-corrected chi connectivity index (χ0v) is 9.82. The number of H-pyrrole nitrogens is 1. The van der Waals surface area contributed by atoms with Crippen LogP contribution in [0.5, 0.6) is 0 Å². The monoisotopic (exact) mass is 225 g/mol. The molecular formula is C11H19N3O2. The second-order valence-electron chi connectivity index (χ2n) is 5.29.